The van der Waals surface area contributed by atoms with Crippen LogP contribution in [-0.2, 0) is 9.53 Å². The van der Waals surface area contributed by atoms with Crippen molar-refractivity contribution in [3.63, 3.8) is 0 Å². The van der Waals surface area contributed by atoms with Crippen LogP contribution < -0.4 is 5.32 Å². The maximum atomic E-state index is 11.2. The van der Waals surface area contributed by atoms with E-state index in [0.29, 0.717) is 12.6 Å². The summed E-state index contributed by atoms with van der Waals surface area (Å²) < 4.78 is 4.66. The van der Waals surface area contributed by atoms with Crippen LogP contribution in [0.25, 0.3) is 0 Å². The molecule has 16 heavy (non-hydrogen) atoms. The molecule has 3 nitrogen and oxygen atoms in total. The number of methoxy groups -OCH3 is 1. The number of carbonyl (C=O) groups is 1. The first-order chi connectivity index (χ1) is 7.67. The van der Waals surface area contributed by atoms with E-state index in [0.717, 1.165) is 5.92 Å². The summed E-state index contributed by atoms with van der Waals surface area (Å²) in [5.74, 6) is 0.716. The van der Waals surface area contributed by atoms with E-state index in [2.05, 4.69) is 32.9 Å². The molecule has 1 rings (SSSR count). The molecule has 1 N–H and O–H groups in total. The third-order valence-electron chi connectivity index (χ3n) is 3.47. The molecule has 0 bridgehead atoms. The number of hydrogen-bond donors (Lipinski definition) is 1. The van der Waals surface area contributed by atoms with Gasteiger partial charge in [-0.1, -0.05) is 29.3 Å². The Morgan fingerprint density at radius 3 is 2.56 bits per heavy atom. The summed E-state index contributed by atoms with van der Waals surface area (Å²) in [6.45, 7) is 2.93. The van der Waals surface area contributed by atoms with Crippen molar-refractivity contribution < 1.29 is 9.53 Å². The maximum Gasteiger partial charge on any atom is 0.320 e. The van der Waals surface area contributed by atoms with Gasteiger partial charge >= 0.3 is 5.97 Å². The fourth-order valence-corrected chi connectivity index (χ4v) is 2.63. The normalized spacial score (nSPS) is 27.4. The van der Waals surface area contributed by atoms with Gasteiger partial charge in [-0.3, -0.25) is 4.79 Å². The highest BCUT2D eigenvalue weighted by Gasteiger charge is 2.21. The van der Waals surface area contributed by atoms with Gasteiger partial charge in [0.25, 0.3) is 0 Å². The van der Waals surface area contributed by atoms with Gasteiger partial charge in [-0.15, -0.1) is 0 Å². The number of hydrogen-bond acceptors (Lipinski definition) is 3. The molecule has 1 unspecified atom stereocenters. The van der Waals surface area contributed by atoms with E-state index in [1.807, 2.05) is 0 Å². The van der Waals surface area contributed by atoms with Crippen LogP contribution in [0.1, 0.15) is 39.0 Å². The number of halogens is 1. The van der Waals surface area contributed by atoms with Gasteiger partial charge in [0.15, 0.2) is 0 Å². The van der Waals surface area contributed by atoms with Crippen molar-refractivity contribution in [2.45, 2.75) is 49.9 Å². The second kappa shape index (κ2) is 7.28. The summed E-state index contributed by atoms with van der Waals surface area (Å²) in [6, 6.07) is 0.576. The van der Waals surface area contributed by atoms with E-state index in [4.69, 9.17) is 0 Å². The van der Waals surface area contributed by atoms with Gasteiger partial charge in [-0.25, -0.2) is 0 Å². The predicted molar refractivity (Wildman–Crippen MR) is 68.8 cm³/mol. The SMILES string of the molecule is CCC1CCC(NCC(Br)C(=O)OC)CC1. The molecule has 0 amide bonds. The summed E-state index contributed by atoms with van der Waals surface area (Å²) in [7, 11) is 1.42. The highest BCUT2D eigenvalue weighted by molar-refractivity contribution is 9.10. The number of rotatable bonds is 5. The summed E-state index contributed by atoms with van der Waals surface area (Å²) in [5.41, 5.74) is 0. The molecule has 0 heterocycles. The van der Waals surface area contributed by atoms with E-state index < -0.39 is 0 Å². The number of nitrogens with one attached hydrogen (secondary N) is 1. The monoisotopic (exact) mass is 291 g/mol. The third kappa shape index (κ3) is 4.42. The van der Waals surface area contributed by atoms with Crippen LogP contribution in [0.2, 0.25) is 0 Å². The molecule has 1 saturated carbocycles. The van der Waals surface area contributed by atoms with Crippen molar-refractivity contribution in [2.75, 3.05) is 13.7 Å². The molecular weight excluding hydrogens is 270 g/mol. The molecule has 0 aliphatic heterocycles. The lowest BCUT2D eigenvalue weighted by atomic mass is 9.84. The zero-order valence-corrected chi connectivity index (χ0v) is 11.8. The summed E-state index contributed by atoms with van der Waals surface area (Å²) >= 11 is 3.32. The highest BCUT2D eigenvalue weighted by atomic mass is 79.9. The lowest BCUT2D eigenvalue weighted by Crippen LogP contribution is -2.38. The first kappa shape index (κ1) is 14.0. The minimum Gasteiger partial charge on any atom is -0.468 e. The van der Waals surface area contributed by atoms with Gasteiger partial charge in [0, 0.05) is 12.6 Å². The van der Waals surface area contributed by atoms with E-state index >= 15 is 0 Å². The summed E-state index contributed by atoms with van der Waals surface area (Å²) in [5, 5.41) is 3.43. The van der Waals surface area contributed by atoms with Gasteiger partial charge < -0.3 is 10.1 Å². The van der Waals surface area contributed by atoms with E-state index in [9.17, 15) is 4.79 Å². The number of carbonyl (C=O) groups excluding carboxylic acids is 1. The third-order valence-corrected chi connectivity index (χ3v) is 4.16. The Balaban J connectivity index is 2.17. The lowest BCUT2D eigenvalue weighted by Gasteiger charge is -2.28. The Morgan fingerprint density at radius 1 is 1.44 bits per heavy atom. The van der Waals surface area contributed by atoms with Crippen LogP contribution in [0.15, 0.2) is 0 Å². The lowest BCUT2D eigenvalue weighted by molar-refractivity contribution is -0.139. The predicted octanol–water partition coefficient (Wildman–Crippen LogP) is 2.48. The number of ether oxygens (including phenoxy) is 1. The van der Waals surface area contributed by atoms with Crippen molar-refractivity contribution in [1.29, 1.82) is 0 Å². The van der Waals surface area contributed by atoms with Gasteiger partial charge in [0.05, 0.1) is 7.11 Å². The Kier molecular flexibility index (Phi) is 6.36. The molecule has 0 aromatic carbocycles. The number of esters is 1. The molecule has 0 radical (unpaired) electrons. The molecular formula is C12H22BrNO2. The Bertz CT molecular complexity index is 215. The van der Waals surface area contributed by atoms with Crippen LogP contribution in [0, 0.1) is 5.92 Å². The summed E-state index contributed by atoms with van der Waals surface area (Å²) in [6.07, 6.45) is 6.41. The number of alkyl halides is 1. The second-order valence-electron chi connectivity index (χ2n) is 4.52. The molecule has 4 heteroatoms. The van der Waals surface area contributed by atoms with Gasteiger partial charge in [0.1, 0.15) is 4.83 Å². The van der Waals surface area contributed by atoms with Gasteiger partial charge in [0.2, 0.25) is 0 Å². The van der Waals surface area contributed by atoms with E-state index in [-0.39, 0.29) is 10.8 Å². The molecule has 94 valence electrons. The molecule has 0 spiro atoms. The van der Waals surface area contributed by atoms with E-state index in [1.165, 1.54) is 39.2 Å². The van der Waals surface area contributed by atoms with Crippen molar-refractivity contribution in [3.05, 3.63) is 0 Å². The van der Waals surface area contributed by atoms with Gasteiger partial charge in [-0.05, 0) is 31.6 Å². The zero-order chi connectivity index (χ0) is 12.0. The molecule has 1 aliphatic rings. The molecule has 1 fully saturated rings. The van der Waals surface area contributed by atoms with Crippen molar-refractivity contribution in [3.8, 4) is 0 Å². The maximum absolute atomic E-state index is 11.2. The quantitative estimate of drug-likeness (QED) is 0.625. The van der Waals surface area contributed by atoms with E-state index in [1.54, 1.807) is 0 Å². The Hall–Kier alpha value is -0.0900. The van der Waals surface area contributed by atoms with Crippen LogP contribution in [0.4, 0.5) is 0 Å². The van der Waals surface area contributed by atoms with Crippen molar-refractivity contribution in [1.82, 2.24) is 5.32 Å². The smallest absolute Gasteiger partial charge is 0.320 e. The van der Waals surface area contributed by atoms with Crippen LogP contribution in [-0.4, -0.2) is 30.5 Å². The highest BCUT2D eigenvalue weighted by Crippen LogP contribution is 2.26. The fraction of sp³-hybridized carbons (Fsp3) is 0.917. The summed E-state index contributed by atoms with van der Waals surface area (Å²) in [4.78, 5) is 11.0. The minimum atomic E-state index is -0.221. The van der Waals surface area contributed by atoms with Crippen LogP contribution in [0.3, 0.4) is 0 Å². The van der Waals surface area contributed by atoms with Crippen LogP contribution >= 0.6 is 15.9 Å². The Morgan fingerprint density at radius 2 is 2.06 bits per heavy atom. The fourth-order valence-electron chi connectivity index (χ4n) is 2.26. The Labute approximate surface area is 106 Å². The molecule has 1 aliphatic carbocycles. The minimum absolute atomic E-state index is 0.199. The average molecular weight is 292 g/mol. The van der Waals surface area contributed by atoms with Gasteiger partial charge in [-0.2, -0.15) is 0 Å². The molecule has 0 saturated heterocycles. The zero-order valence-electron chi connectivity index (χ0n) is 10.2. The first-order valence-corrected chi connectivity index (χ1v) is 7.04. The largest absolute Gasteiger partial charge is 0.468 e. The molecule has 1 atom stereocenters. The molecule has 0 aromatic rings. The standard InChI is InChI=1S/C12H22BrNO2/c1-3-9-4-6-10(7-5-9)14-8-11(13)12(15)16-2/h9-11,14H,3-8H2,1-2H3. The van der Waals surface area contributed by atoms with Crippen molar-refractivity contribution in [2.24, 2.45) is 5.92 Å². The average Bonchev–Trinajstić information content (AvgIpc) is 2.35. The second-order valence-corrected chi connectivity index (χ2v) is 5.63. The van der Waals surface area contributed by atoms with Crippen LogP contribution in [0.5, 0.6) is 0 Å². The topological polar surface area (TPSA) is 38.3 Å². The molecule has 0 aromatic heterocycles. The first-order valence-electron chi connectivity index (χ1n) is 6.12. The van der Waals surface area contributed by atoms with Crippen molar-refractivity contribution >= 4 is 21.9 Å².